The highest BCUT2D eigenvalue weighted by atomic mass is 16.5. The molecule has 0 saturated heterocycles. The third-order valence-electron chi connectivity index (χ3n) is 5.16. The van der Waals surface area contributed by atoms with Gasteiger partial charge in [0.2, 0.25) is 0 Å². The number of pyridine rings is 1. The molecule has 0 spiro atoms. The Hall–Kier alpha value is -3.11. The van der Waals surface area contributed by atoms with E-state index in [0.29, 0.717) is 0 Å². The zero-order chi connectivity index (χ0) is 19.3. The van der Waals surface area contributed by atoms with Crippen LogP contribution in [-0.2, 0) is 12.8 Å². The number of aromatic nitrogens is 2. The number of nitrogens with zero attached hydrogens (tertiary/aromatic N) is 1. The Balaban J connectivity index is 1.37. The maximum atomic E-state index is 6.35. The fraction of sp³-hybridized carbons (Fsp3) is 0.208. The van der Waals surface area contributed by atoms with E-state index in [1.807, 2.05) is 30.6 Å². The van der Waals surface area contributed by atoms with Crippen molar-refractivity contribution in [2.45, 2.75) is 25.3 Å². The molecule has 2 aromatic carbocycles. The van der Waals surface area contributed by atoms with Crippen molar-refractivity contribution in [3.63, 3.8) is 0 Å². The molecule has 4 aromatic rings. The molecule has 28 heavy (non-hydrogen) atoms. The van der Waals surface area contributed by atoms with Gasteiger partial charge in [0.15, 0.2) is 0 Å². The van der Waals surface area contributed by atoms with E-state index in [2.05, 4.69) is 52.6 Å². The number of hydrogen-bond donors (Lipinski definition) is 2. The van der Waals surface area contributed by atoms with E-state index in [4.69, 9.17) is 10.5 Å². The summed E-state index contributed by atoms with van der Waals surface area (Å²) < 4.78 is 5.20. The third-order valence-corrected chi connectivity index (χ3v) is 5.16. The minimum atomic E-state index is 0.133. The first-order valence-electron chi connectivity index (χ1n) is 9.61. The van der Waals surface area contributed by atoms with E-state index < -0.39 is 0 Å². The van der Waals surface area contributed by atoms with Crippen molar-refractivity contribution in [1.82, 2.24) is 9.97 Å². The van der Waals surface area contributed by atoms with Crippen LogP contribution in [0, 0.1) is 0 Å². The van der Waals surface area contributed by atoms with Crippen LogP contribution in [0.1, 0.15) is 17.7 Å². The van der Waals surface area contributed by atoms with E-state index in [0.717, 1.165) is 30.4 Å². The molecule has 142 valence electrons. The molecule has 4 rings (SSSR count). The number of aryl methyl sites for hydroxylation is 1. The van der Waals surface area contributed by atoms with Crippen molar-refractivity contribution in [3.8, 4) is 16.9 Å². The first kappa shape index (κ1) is 18.3. The number of methoxy groups -OCH3 is 1. The summed E-state index contributed by atoms with van der Waals surface area (Å²) in [6, 6.07) is 19.0. The van der Waals surface area contributed by atoms with Crippen LogP contribution in [0.2, 0.25) is 0 Å². The van der Waals surface area contributed by atoms with Gasteiger partial charge in [-0.15, -0.1) is 0 Å². The SMILES string of the molecule is COc1ccc(C[C@H](N)CCc2cc(-c3ccc4cnccc4c3)c[nH]2)cc1. The molecular formula is C24H25N3O. The standard InChI is InChI=1S/C24H25N3O/c1-28-24-8-2-17(3-9-24)12-22(25)6-7-23-14-21(16-27-23)18-4-5-20-15-26-11-10-19(20)13-18/h2-5,8-11,13-16,22,27H,6-7,12,25H2,1H3/t22-/m1/s1. The zero-order valence-corrected chi connectivity index (χ0v) is 16.1. The Morgan fingerprint density at radius 1 is 1.00 bits per heavy atom. The molecule has 0 aliphatic rings. The molecule has 0 unspecified atom stereocenters. The van der Waals surface area contributed by atoms with Gasteiger partial charge in [0.05, 0.1) is 7.11 Å². The molecule has 0 bridgehead atoms. The quantitative estimate of drug-likeness (QED) is 0.493. The Morgan fingerprint density at radius 3 is 2.68 bits per heavy atom. The van der Waals surface area contributed by atoms with Crippen LogP contribution in [0.3, 0.4) is 0 Å². The largest absolute Gasteiger partial charge is 0.497 e. The average molecular weight is 371 g/mol. The van der Waals surface area contributed by atoms with Crippen molar-refractivity contribution >= 4 is 10.8 Å². The lowest BCUT2D eigenvalue weighted by Crippen LogP contribution is -2.23. The average Bonchev–Trinajstić information content (AvgIpc) is 3.21. The summed E-state index contributed by atoms with van der Waals surface area (Å²) in [5.74, 6) is 0.876. The molecule has 2 aromatic heterocycles. The number of rotatable bonds is 7. The molecule has 0 amide bonds. The van der Waals surface area contributed by atoms with Gasteiger partial charge in [0.25, 0.3) is 0 Å². The van der Waals surface area contributed by atoms with E-state index in [1.165, 1.54) is 27.8 Å². The van der Waals surface area contributed by atoms with E-state index >= 15 is 0 Å². The summed E-state index contributed by atoms with van der Waals surface area (Å²) in [5.41, 5.74) is 11.2. The summed E-state index contributed by atoms with van der Waals surface area (Å²) >= 11 is 0. The Kier molecular flexibility index (Phi) is 5.40. The summed E-state index contributed by atoms with van der Waals surface area (Å²) in [4.78, 5) is 7.58. The molecule has 0 fully saturated rings. The molecule has 3 N–H and O–H groups in total. The lowest BCUT2D eigenvalue weighted by Gasteiger charge is -2.11. The zero-order valence-electron chi connectivity index (χ0n) is 16.1. The first-order valence-corrected chi connectivity index (χ1v) is 9.61. The molecule has 4 heteroatoms. The number of hydrogen-bond acceptors (Lipinski definition) is 3. The van der Waals surface area contributed by atoms with Crippen LogP contribution < -0.4 is 10.5 Å². The van der Waals surface area contributed by atoms with Crippen LogP contribution in [0.15, 0.2) is 73.2 Å². The lowest BCUT2D eigenvalue weighted by molar-refractivity contribution is 0.414. The molecular weight excluding hydrogens is 346 g/mol. The van der Waals surface area contributed by atoms with Gasteiger partial charge < -0.3 is 15.5 Å². The number of ether oxygens (including phenoxy) is 1. The van der Waals surface area contributed by atoms with E-state index in [-0.39, 0.29) is 6.04 Å². The predicted molar refractivity (Wildman–Crippen MR) is 115 cm³/mol. The van der Waals surface area contributed by atoms with Crippen molar-refractivity contribution in [1.29, 1.82) is 0 Å². The first-order chi connectivity index (χ1) is 13.7. The second kappa shape index (κ2) is 8.28. The number of aromatic amines is 1. The molecule has 0 aliphatic carbocycles. The maximum Gasteiger partial charge on any atom is 0.118 e. The van der Waals surface area contributed by atoms with E-state index in [9.17, 15) is 0 Å². The third kappa shape index (κ3) is 4.24. The van der Waals surface area contributed by atoms with Gasteiger partial charge in [0.1, 0.15) is 5.75 Å². The van der Waals surface area contributed by atoms with Gasteiger partial charge in [-0.3, -0.25) is 4.98 Å². The number of fused-ring (bicyclic) bond motifs is 1. The Bertz CT molecular complexity index is 1050. The van der Waals surface area contributed by atoms with Gasteiger partial charge >= 0.3 is 0 Å². The molecule has 0 aliphatic heterocycles. The van der Waals surface area contributed by atoms with E-state index in [1.54, 1.807) is 7.11 Å². The minimum Gasteiger partial charge on any atom is -0.497 e. The van der Waals surface area contributed by atoms with Gasteiger partial charge in [-0.05, 0) is 71.7 Å². The van der Waals surface area contributed by atoms with Crippen molar-refractivity contribution in [2.75, 3.05) is 7.11 Å². The smallest absolute Gasteiger partial charge is 0.118 e. The van der Waals surface area contributed by atoms with Crippen LogP contribution in [-0.4, -0.2) is 23.1 Å². The number of nitrogens with two attached hydrogens (primary N) is 1. The Labute approximate surface area is 165 Å². The van der Waals surface area contributed by atoms with Crippen molar-refractivity contribution < 1.29 is 4.74 Å². The summed E-state index contributed by atoms with van der Waals surface area (Å²) in [5, 5.41) is 2.36. The maximum absolute atomic E-state index is 6.35. The highest BCUT2D eigenvalue weighted by molar-refractivity contribution is 5.86. The number of benzene rings is 2. The normalized spacial score (nSPS) is 12.2. The minimum absolute atomic E-state index is 0.133. The van der Waals surface area contributed by atoms with Gasteiger partial charge in [0, 0.05) is 35.7 Å². The second-order valence-electron chi connectivity index (χ2n) is 7.20. The van der Waals surface area contributed by atoms with Crippen LogP contribution in [0.4, 0.5) is 0 Å². The van der Waals surface area contributed by atoms with Gasteiger partial charge in [-0.1, -0.05) is 24.3 Å². The van der Waals surface area contributed by atoms with Crippen molar-refractivity contribution in [2.24, 2.45) is 5.73 Å². The molecule has 0 saturated carbocycles. The Morgan fingerprint density at radius 2 is 1.86 bits per heavy atom. The number of H-pyrrole nitrogens is 1. The predicted octanol–water partition coefficient (Wildman–Crippen LogP) is 4.74. The fourth-order valence-electron chi connectivity index (χ4n) is 3.52. The highest BCUT2D eigenvalue weighted by Crippen LogP contribution is 2.25. The fourth-order valence-corrected chi connectivity index (χ4v) is 3.52. The molecule has 1 atom stereocenters. The van der Waals surface area contributed by atoms with Crippen LogP contribution >= 0.6 is 0 Å². The summed E-state index contributed by atoms with van der Waals surface area (Å²) in [7, 11) is 1.68. The molecule has 0 radical (unpaired) electrons. The lowest BCUT2D eigenvalue weighted by atomic mass is 10.0. The van der Waals surface area contributed by atoms with Gasteiger partial charge in [-0.2, -0.15) is 0 Å². The van der Waals surface area contributed by atoms with Crippen LogP contribution in [0.25, 0.3) is 21.9 Å². The monoisotopic (exact) mass is 371 g/mol. The highest BCUT2D eigenvalue weighted by Gasteiger charge is 2.08. The molecule has 4 nitrogen and oxygen atoms in total. The van der Waals surface area contributed by atoms with Gasteiger partial charge in [-0.25, -0.2) is 0 Å². The molecule has 2 heterocycles. The van der Waals surface area contributed by atoms with Crippen LogP contribution in [0.5, 0.6) is 5.75 Å². The summed E-state index contributed by atoms with van der Waals surface area (Å²) in [6.07, 6.45) is 8.55. The topological polar surface area (TPSA) is 63.9 Å². The second-order valence-corrected chi connectivity index (χ2v) is 7.20. The number of nitrogens with one attached hydrogen (secondary N) is 1. The van der Waals surface area contributed by atoms with Crippen molar-refractivity contribution in [3.05, 3.63) is 84.4 Å². The summed E-state index contributed by atoms with van der Waals surface area (Å²) in [6.45, 7) is 0.